The normalized spacial score (nSPS) is 14.4. The van der Waals surface area contributed by atoms with Crippen LogP contribution in [-0.4, -0.2) is 27.6 Å². The van der Waals surface area contributed by atoms with E-state index >= 15 is 0 Å². The van der Waals surface area contributed by atoms with Crippen molar-refractivity contribution in [1.29, 1.82) is 0 Å². The average molecular weight is 592 g/mol. The second-order valence-electron chi connectivity index (χ2n) is 9.15. The van der Waals surface area contributed by atoms with Crippen molar-refractivity contribution in [3.63, 3.8) is 0 Å². The first-order chi connectivity index (χ1) is 18.7. The molecule has 0 aromatic heterocycles. The van der Waals surface area contributed by atoms with Gasteiger partial charge >= 0.3 is 12.5 Å². The topological polar surface area (TPSA) is 47.6 Å². The molecule has 2 aromatic carbocycles. The van der Waals surface area contributed by atoms with E-state index in [1.54, 1.807) is 26.8 Å². The van der Waals surface area contributed by atoms with Gasteiger partial charge in [-0.2, -0.15) is 17.6 Å². The Morgan fingerprint density at radius 1 is 1.10 bits per heavy atom. The van der Waals surface area contributed by atoms with Gasteiger partial charge in [-0.1, -0.05) is 62.9 Å². The maximum absolute atomic E-state index is 13.5. The molecule has 0 amide bonds. The molecule has 1 fully saturated rings. The molecule has 1 aliphatic rings. The van der Waals surface area contributed by atoms with Crippen LogP contribution in [0.3, 0.4) is 0 Å². The first kappa shape index (κ1) is 34.8. The Morgan fingerprint density at radius 2 is 1.70 bits per heavy atom. The van der Waals surface area contributed by atoms with Crippen LogP contribution in [0.1, 0.15) is 53.0 Å². The van der Waals surface area contributed by atoms with Crippen molar-refractivity contribution >= 4 is 22.7 Å². The molecule has 1 saturated carbocycles. The number of ether oxygens (including phenoxy) is 2. The van der Waals surface area contributed by atoms with Crippen molar-refractivity contribution in [3.8, 4) is 5.75 Å². The van der Waals surface area contributed by atoms with Gasteiger partial charge < -0.3 is 14.2 Å². The third-order valence-corrected chi connectivity index (χ3v) is 6.11. The predicted octanol–water partition coefficient (Wildman–Crippen LogP) is 9.21. The molecule has 1 unspecified atom stereocenters. The molecule has 1 N–H and O–H groups in total. The number of rotatable bonds is 10. The van der Waals surface area contributed by atoms with Crippen LogP contribution >= 0.6 is 0 Å². The van der Waals surface area contributed by atoms with Gasteiger partial charge in [0.2, 0.25) is 0 Å². The predicted molar refractivity (Wildman–Crippen MR) is 149 cm³/mol. The lowest BCUT2D eigenvalue weighted by molar-refractivity contribution is -0.253. The molecule has 40 heavy (non-hydrogen) atoms. The highest BCUT2D eigenvalue weighted by Crippen LogP contribution is 2.31. The molecule has 222 valence electrons. The zero-order valence-corrected chi connectivity index (χ0v) is 23.8. The van der Waals surface area contributed by atoms with Crippen molar-refractivity contribution in [2.45, 2.75) is 70.8 Å². The lowest BCUT2D eigenvalue weighted by Crippen LogP contribution is -2.33. The maximum Gasteiger partial charge on any atom is 0.461 e. The maximum atomic E-state index is 13.5. The molecule has 0 heterocycles. The average Bonchev–Trinajstić information content (AvgIpc) is 3.69. The molecule has 4 nitrogen and oxygen atoms in total. The van der Waals surface area contributed by atoms with Gasteiger partial charge in [-0.25, -0.2) is 13.0 Å². The van der Waals surface area contributed by atoms with Gasteiger partial charge in [-0.3, -0.25) is 0 Å². The van der Waals surface area contributed by atoms with Gasteiger partial charge in [-0.05, 0) is 51.3 Å². The van der Waals surface area contributed by atoms with Crippen LogP contribution in [0.15, 0.2) is 78.8 Å². The number of allylic oxidation sites excluding steroid dienone is 3. The minimum atomic E-state index is -4.74. The Labute approximate surface area is 234 Å². The standard InChI is InChI=1S/C15H15FO.C12H14F5NO2S.C2H6/c1-12(17-14-10-11-14)15(16)9-5-8-13-6-3-2-4-7-13;1-11(2,3)21(19)18-8-4-7(13)5-9(6-8)20-12(16,17)10(14)15;1-2/h2-9,14H,1,10-11H2;4-6,10,18H,1-3H3;1-2H3/b8-5+,15-9+;;. The minimum absolute atomic E-state index is 0.122. The van der Waals surface area contributed by atoms with Crippen LogP contribution in [-0.2, 0) is 15.7 Å². The molecule has 0 saturated heterocycles. The van der Waals surface area contributed by atoms with Crippen LogP contribution in [0, 0.1) is 5.82 Å². The monoisotopic (exact) mass is 591 g/mol. The van der Waals surface area contributed by atoms with Crippen molar-refractivity contribution in [1.82, 2.24) is 0 Å². The molecular formula is C29H35F6NO3S. The highest BCUT2D eigenvalue weighted by Gasteiger charge is 2.44. The molecule has 0 bridgehead atoms. The number of halogens is 6. The van der Waals surface area contributed by atoms with Crippen LogP contribution in [0.2, 0.25) is 0 Å². The van der Waals surface area contributed by atoms with Gasteiger partial charge in [0.1, 0.15) is 28.3 Å². The third kappa shape index (κ3) is 13.2. The first-order valence-electron chi connectivity index (χ1n) is 12.5. The summed E-state index contributed by atoms with van der Waals surface area (Å²) >= 11 is 0. The Bertz CT molecular complexity index is 1160. The summed E-state index contributed by atoms with van der Waals surface area (Å²) in [7, 11) is -1.64. The molecule has 1 aliphatic carbocycles. The second kappa shape index (κ2) is 16.2. The fraction of sp³-hybridized carbons (Fsp3) is 0.379. The van der Waals surface area contributed by atoms with E-state index < -0.39 is 45.7 Å². The molecule has 0 radical (unpaired) electrons. The summed E-state index contributed by atoms with van der Waals surface area (Å²) < 4.78 is 98.9. The third-order valence-electron chi connectivity index (χ3n) is 4.58. The van der Waals surface area contributed by atoms with E-state index in [0.717, 1.165) is 30.5 Å². The van der Waals surface area contributed by atoms with Crippen LogP contribution in [0.4, 0.5) is 32.0 Å². The van der Waals surface area contributed by atoms with Crippen molar-refractivity contribution in [2.75, 3.05) is 4.72 Å². The van der Waals surface area contributed by atoms with E-state index in [4.69, 9.17) is 4.74 Å². The Morgan fingerprint density at radius 3 is 2.23 bits per heavy atom. The number of alkyl halides is 4. The lowest BCUT2D eigenvalue weighted by Gasteiger charge is -2.20. The largest absolute Gasteiger partial charge is 0.488 e. The quantitative estimate of drug-likeness (QED) is 0.170. The van der Waals surface area contributed by atoms with E-state index in [2.05, 4.69) is 16.0 Å². The fourth-order valence-electron chi connectivity index (χ4n) is 2.49. The zero-order chi connectivity index (χ0) is 30.5. The summed E-state index contributed by atoms with van der Waals surface area (Å²) in [6, 6.07) is 12.0. The lowest BCUT2D eigenvalue weighted by atomic mass is 10.2. The van der Waals surface area contributed by atoms with E-state index in [1.807, 2.05) is 50.3 Å². The summed E-state index contributed by atoms with van der Waals surface area (Å²) in [6.07, 6.45) is -1.74. The number of anilines is 1. The van der Waals surface area contributed by atoms with Crippen LogP contribution in [0.25, 0.3) is 6.08 Å². The summed E-state index contributed by atoms with van der Waals surface area (Å²) in [5, 5.41) is 0. The van der Waals surface area contributed by atoms with E-state index in [1.165, 1.54) is 6.08 Å². The van der Waals surface area contributed by atoms with Gasteiger partial charge in [0.05, 0.1) is 16.5 Å². The fourth-order valence-corrected chi connectivity index (χ4v) is 3.12. The number of hydrogen-bond donors (Lipinski definition) is 1. The van der Waals surface area contributed by atoms with Crippen LogP contribution < -0.4 is 9.46 Å². The van der Waals surface area contributed by atoms with E-state index in [-0.39, 0.29) is 17.6 Å². The summed E-state index contributed by atoms with van der Waals surface area (Å²) in [5.74, 6) is -2.08. The number of hydrogen-bond acceptors (Lipinski definition) is 3. The van der Waals surface area contributed by atoms with Gasteiger partial charge in [0, 0.05) is 12.1 Å². The van der Waals surface area contributed by atoms with Crippen molar-refractivity contribution in [3.05, 3.63) is 90.2 Å². The number of benzene rings is 2. The van der Waals surface area contributed by atoms with Gasteiger partial charge in [0.15, 0.2) is 5.83 Å². The molecule has 0 aliphatic heterocycles. The Kier molecular flexibility index (Phi) is 14.1. The molecule has 11 heteroatoms. The molecule has 1 atom stereocenters. The SMILES string of the molecule is C=C(OC1CC1)/C(F)=C\C=C\c1ccccc1.CC.CC(C)(C)S(=O)Nc1cc(F)cc(OC(F)(F)C(F)F)c1. The smallest absolute Gasteiger partial charge is 0.461 e. The molecule has 3 rings (SSSR count). The van der Waals surface area contributed by atoms with Crippen LogP contribution in [0.5, 0.6) is 5.75 Å². The number of nitrogens with one attached hydrogen (secondary N) is 1. The molecule has 0 spiro atoms. The molecular weight excluding hydrogens is 556 g/mol. The zero-order valence-electron chi connectivity index (χ0n) is 23.0. The minimum Gasteiger partial charge on any atom is -0.488 e. The summed E-state index contributed by atoms with van der Waals surface area (Å²) in [4.78, 5) is 0. The highest BCUT2D eigenvalue weighted by atomic mass is 32.2. The van der Waals surface area contributed by atoms with E-state index in [9.17, 15) is 30.6 Å². The summed E-state index contributed by atoms with van der Waals surface area (Å²) in [6.45, 7) is 12.5. The van der Waals surface area contributed by atoms with Crippen molar-refractivity contribution < 1.29 is 40.0 Å². The highest BCUT2D eigenvalue weighted by molar-refractivity contribution is 7.87. The second-order valence-corrected chi connectivity index (χ2v) is 11.1. The van der Waals surface area contributed by atoms with Gasteiger partial charge in [0.25, 0.3) is 0 Å². The Hall–Kier alpha value is -3.21. The van der Waals surface area contributed by atoms with Crippen molar-refractivity contribution in [2.24, 2.45) is 0 Å². The van der Waals surface area contributed by atoms with E-state index in [0.29, 0.717) is 6.07 Å². The Balaban J connectivity index is 0.000000383. The molecule has 2 aromatic rings. The first-order valence-corrected chi connectivity index (χ1v) is 13.6. The van der Waals surface area contributed by atoms with Gasteiger partial charge in [-0.15, -0.1) is 0 Å². The summed E-state index contributed by atoms with van der Waals surface area (Å²) in [5.41, 5.74) is 0.911.